The lowest BCUT2D eigenvalue weighted by molar-refractivity contribution is -0.142. The lowest BCUT2D eigenvalue weighted by Gasteiger charge is -2.47. The molecule has 0 unspecified atom stereocenters. The number of hydrogen-bond acceptors (Lipinski definition) is 1. The van der Waals surface area contributed by atoms with E-state index in [0.29, 0.717) is 11.8 Å². The predicted octanol–water partition coefficient (Wildman–Crippen LogP) is 1.59. The normalized spacial score (nSPS) is 33.0. The second kappa shape index (κ2) is 2.16. The SMILES string of the molecule is CN1CC(C2CC(F)(F)C2)C1. The minimum absolute atomic E-state index is 0.144. The average molecular weight is 161 g/mol. The number of alkyl halides is 2. The van der Waals surface area contributed by atoms with Crippen molar-refractivity contribution in [2.24, 2.45) is 11.8 Å². The quantitative estimate of drug-likeness (QED) is 0.564. The maximum Gasteiger partial charge on any atom is 0.248 e. The van der Waals surface area contributed by atoms with E-state index in [0.717, 1.165) is 13.1 Å². The summed E-state index contributed by atoms with van der Waals surface area (Å²) in [5.41, 5.74) is 0. The third kappa shape index (κ3) is 1.26. The molecule has 0 bridgehead atoms. The van der Waals surface area contributed by atoms with Crippen molar-refractivity contribution in [3.63, 3.8) is 0 Å². The van der Waals surface area contributed by atoms with Crippen LogP contribution >= 0.6 is 0 Å². The molecular formula is C8H13F2N. The molecule has 1 aliphatic carbocycles. The summed E-state index contributed by atoms with van der Waals surface area (Å²) in [6.45, 7) is 2.06. The monoisotopic (exact) mass is 161 g/mol. The van der Waals surface area contributed by atoms with Crippen molar-refractivity contribution < 1.29 is 8.78 Å². The minimum Gasteiger partial charge on any atom is -0.306 e. The summed E-state index contributed by atoms with van der Waals surface area (Å²) >= 11 is 0. The molecule has 1 nitrogen and oxygen atoms in total. The summed E-state index contributed by atoms with van der Waals surface area (Å²) in [7, 11) is 2.04. The molecule has 0 amide bonds. The van der Waals surface area contributed by atoms with Gasteiger partial charge in [0.05, 0.1) is 0 Å². The van der Waals surface area contributed by atoms with Gasteiger partial charge in [-0.3, -0.25) is 0 Å². The maximum atomic E-state index is 12.4. The Morgan fingerprint density at radius 2 is 1.73 bits per heavy atom. The van der Waals surface area contributed by atoms with E-state index in [-0.39, 0.29) is 12.8 Å². The summed E-state index contributed by atoms with van der Waals surface area (Å²) in [5, 5.41) is 0. The van der Waals surface area contributed by atoms with E-state index in [1.165, 1.54) is 0 Å². The molecule has 0 aromatic rings. The topological polar surface area (TPSA) is 3.24 Å². The highest BCUT2D eigenvalue weighted by Gasteiger charge is 2.50. The third-order valence-electron chi connectivity index (χ3n) is 2.88. The van der Waals surface area contributed by atoms with Crippen LogP contribution in [0.15, 0.2) is 0 Å². The van der Waals surface area contributed by atoms with E-state index in [1.54, 1.807) is 0 Å². The first-order valence-corrected chi connectivity index (χ1v) is 4.13. The molecule has 0 radical (unpaired) electrons. The molecule has 0 atom stereocenters. The second-order valence-corrected chi connectivity index (χ2v) is 4.01. The fourth-order valence-electron chi connectivity index (χ4n) is 2.09. The van der Waals surface area contributed by atoms with Crippen LogP contribution in [0.25, 0.3) is 0 Å². The molecule has 1 saturated heterocycles. The van der Waals surface area contributed by atoms with Crippen molar-refractivity contribution >= 4 is 0 Å². The van der Waals surface area contributed by atoms with Crippen LogP contribution in [0.2, 0.25) is 0 Å². The Balaban J connectivity index is 1.76. The second-order valence-electron chi connectivity index (χ2n) is 4.01. The maximum absolute atomic E-state index is 12.4. The largest absolute Gasteiger partial charge is 0.306 e. The lowest BCUT2D eigenvalue weighted by Crippen LogP contribution is -2.53. The van der Waals surface area contributed by atoms with Crippen molar-refractivity contribution in [2.75, 3.05) is 20.1 Å². The van der Waals surface area contributed by atoms with E-state index < -0.39 is 5.92 Å². The Kier molecular flexibility index (Phi) is 1.46. The minimum atomic E-state index is -2.32. The van der Waals surface area contributed by atoms with Crippen LogP contribution in [-0.2, 0) is 0 Å². The smallest absolute Gasteiger partial charge is 0.248 e. The van der Waals surface area contributed by atoms with Gasteiger partial charge in [0.1, 0.15) is 0 Å². The van der Waals surface area contributed by atoms with Crippen LogP contribution in [0.1, 0.15) is 12.8 Å². The van der Waals surface area contributed by atoms with Gasteiger partial charge in [-0.05, 0) is 18.9 Å². The van der Waals surface area contributed by atoms with Crippen LogP contribution in [0, 0.1) is 11.8 Å². The molecule has 11 heavy (non-hydrogen) atoms. The van der Waals surface area contributed by atoms with Crippen LogP contribution < -0.4 is 0 Å². The number of rotatable bonds is 1. The number of nitrogens with zero attached hydrogens (tertiary/aromatic N) is 1. The summed E-state index contributed by atoms with van der Waals surface area (Å²) in [5.74, 6) is -1.43. The molecule has 1 aliphatic heterocycles. The Labute approximate surface area is 65.4 Å². The molecule has 2 rings (SSSR count). The van der Waals surface area contributed by atoms with E-state index >= 15 is 0 Å². The number of likely N-dealkylation sites (tertiary alicyclic amines) is 1. The Morgan fingerprint density at radius 1 is 1.18 bits per heavy atom. The van der Waals surface area contributed by atoms with E-state index in [2.05, 4.69) is 4.90 Å². The van der Waals surface area contributed by atoms with Crippen LogP contribution in [-0.4, -0.2) is 31.0 Å². The standard InChI is InChI=1S/C8H13F2N/c1-11-4-7(5-11)6-2-8(9,10)3-6/h6-7H,2-5H2,1H3. The molecule has 0 spiro atoms. The molecule has 1 heterocycles. The molecule has 64 valence electrons. The van der Waals surface area contributed by atoms with Crippen molar-refractivity contribution in [2.45, 2.75) is 18.8 Å². The fraction of sp³-hybridized carbons (Fsp3) is 1.00. The molecule has 1 saturated carbocycles. The molecule has 2 aliphatic rings. The van der Waals surface area contributed by atoms with Gasteiger partial charge in [0.25, 0.3) is 0 Å². The first kappa shape index (κ1) is 7.47. The zero-order chi connectivity index (χ0) is 8.06. The van der Waals surface area contributed by atoms with Gasteiger partial charge in [0.15, 0.2) is 0 Å². The van der Waals surface area contributed by atoms with Crippen molar-refractivity contribution in [3.8, 4) is 0 Å². The van der Waals surface area contributed by atoms with E-state index in [1.807, 2.05) is 7.05 Å². The first-order valence-electron chi connectivity index (χ1n) is 4.13. The van der Waals surface area contributed by atoms with Crippen LogP contribution in [0.3, 0.4) is 0 Å². The average Bonchev–Trinajstić information content (AvgIpc) is 1.75. The third-order valence-corrected chi connectivity index (χ3v) is 2.88. The zero-order valence-corrected chi connectivity index (χ0v) is 6.69. The molecule has 0 aromatic carbocycles. The van der Waals surface area contributed by atoms with Crippen LogP contribution in [0.5, 0.6) is 0 Å². The Hall–Kier alpha value is -0.180. The van der Waals surface area contributed by atoms with Crippen molar-refractivity contribution in [1.82, 2.24) is 4.90 Å². The van der Waals surface area contributed by atoms with Gasteiger partial charge in [0, 0.05) is 25.9 Å². The van der Waals surface area contributed by atoms with Gasteiger partial charge in [-0.1, -0.05) is 0 Å². The highest BCUT2D eigenvalue weighted by Crippen LogP contribution is 2.47. The van der Waals surface area contributed by atoms with Crippen molar-refractivity contribution in [3.05, 3.63) is 0 Å². The summed E-state index contributed by atoms with van der Waals surface area (Å²) in [6, 6.07) is 0. The number of halogens is 2. The van der Waals surface area contributed by atoms with Gasteiger partial charge < -0.3 is 4.90 Å². The number of hydrogen-bond donors (Lipinski definition) is 0. The van der Waals surface area contributed by atoms with Gasteiger partial charge in [-0.2, -0.15) is 0 Å². The first-order chi connectivity index (χ1) is 5.07. The molecular weight excluding hydrogens is 148 g/mol. The van der Waals surface area contributed by atoms with E-state index in [9.17, 15) is 8.78 Å². The zero-order valence-electron chi connectivity index (χ0n) is 6.69. The predicted molar refractivity (Wildman–Crippen MR) is 38.7 cm³/mol. The molecule has 0 N–H and O–H groups in total. The molecule has 3 heteroatoms. The Bertz CT molecular complexity index is 155. The lowest BCUT2D eigenvalue weighted by atomic mass is 9.70. The summed E-state index contributed by atoms with van der Waals surface area (Å²) < 4.78 is 24.8. The Morgan fingerprint density at radius 3 is 2.09 bits per heavy atom. The highest BCUT2D eigenvalue weighted by molar-refractivity contribution is 4.94. The summed E-state index contributed by atoms with van der Waals surface area (Å²) in [4.78, 5) is 2.18. The fourth-order valence-corrected chi connectivity index (χ4v) is 2.09. The van der Waals surface area contributed by atoms with Gasteiger partial charge in [0.2, 0.25) is 5.92 Å². The molecule has 0 aromatic heterocycles. The molecule has 2 fully saturated rings. The summed E-state index contributed by atoms with van der Waals surface area (Å²) in [6.07, 6.45) is 0.289. The van der Waals surface area contributed by atoms with Gasteiger partial charge in [-0.15, -0.1) is 0 Å². The van der Waals surface area contributed by atoms with E-state index in [4.69, 9.17) is 0 Å². The van der Waals surface area contributed by atoms with Crippen molar-refractivity contribution in [1.29, 1.82) is 0 Å². The van der Waals surface area contributed by atoms with Gasteiger partial charge in [-0.25, -0.2) is 8.78 Å². The van der Waals surface area contributed by atoms with Crippen LogP contribution in [0.4, 0.5) is 8.78 Å². The van der Waals surface area contributed by atoms with Gasteiger partial charge >= 0.3 is 0 Å². The highest BCUT2D eigenvalue weighted by atomic mass is 19.3.